The van der Waals surface area contributed by atoms with Crippen molar-refractivity contribution in [1.82, 2.24) is 0 Å². The Bertz CT molecular complexity index is 914. The number of thiophene rings is 2. The standard InChI is InChI=1S/C20H14N2S2/c1-7-17-18(19(9-1)21-13-15-5-3-11-23-15)8-2-10-20(17)22-14-16-6-4-12-24-16/h1-14H. The van der Waals surface area contributed by atoms with Crippen LogP contribution in [0, 0.1) is 0 Å². The van der Waals surface area contributed by atoms with Crippen LogP contribution in [0.15, 0.2) is 81.4 Å². The molecule has 2 aromatic carbocycles. The Balaban J connectivity index is 1.74. The highest BCUT2D eigenvalue weighted by atomic mass is 32.1. The molecule has 0 radical (unpaired) electrons. The summed E-state index contributed by atoms with van der Waals surface area (Å²) in [5, 5.41) is 6.35. The highest BCUT2D eigenvalue weighted by Crippen LogP contribution is 2.32. The lowest BCUT2D eigenvalue weighted by Crippen LogP contribution is -1.78. The lowest BCUT2D eigenvalue weighted by atomic mass is 10.1. The van der Waals surface area contributed by atoms with Gasteiger partial charge in [-0.15, -0.1) is 22.7 Å². The van der Waals surface area contributed by atoms with E-state index in [9.17, 15) is 0 Å². The molecule has 2 nitrogen and oxygen atoms in total. The summed E-state index contributed by atoms with van der Waals surface area (Å²) < 4.78 is 0. The van der Waals surface area contributed by atoms with E-state index in [4.69, 9.17) is 0 Å². The zero-order valence-corrected chi connectivity index (χ0v) is 14.4. The molecule has 24 heavy (non-hydrogen) atoms. The number of aliphatic imine (C=N–C) groups is 2. The van der Waals surface area contributed by atoms with Crippen molar-refractivity contribution in [1.29, 1.82) is 0 Å². The molecule has 0 fully saturated rings. The molecule has 0 amide bonds. The smallest absolute Gasteiger partial charge is 0.0709 e. The summed E-state index contributed by atoms with van der Waals surface area (Å²) in [4.78, 5) is 11.6. The van der Waals surface area contributed by atoms with E-state index in [0.29, 0.717) is 0 Å². The molecule has 0 N–H and O–H groups in total. The van der Waals surface area contributed by atoms with Crippen molar-refractivity contribution in [2.75, 3.05) is 0 Å². The lowest BCUT2D eigenvalue weighted by molar-refractivity contribution is 1.55. The van der Waals surface area contributed by atoms with Gasteiger partial charge in [0.15, 0.2) is 0 Å². The van der Waals surface area contributed by atoms with Gasteiger partial charge in [0.1, 0.15) is 0 Å². The molecule has 0 saturated carbocycles. The zero-order chi connectivity index (χ0) is 16.2. The second-order valence-electron chi connectivity index (χ2n) is 5.20. The van der Waals surface area contributed by atoms with Crippen LogP contribution in [0.1, 0.15) is 9.75 Å². The maximum absolute atomic E-state index is 4.66. The fourth-order valence-electron chi connectivity index (χ4n) is 2.50. The fraction of sp³-hybridized carbons (Fsp3) is 0. The Kier molecular flexibility index (Phi) is 4.32. The van der Waals surface area contributed by atoms with Crippen molar-refractivity contribution in [2.24, 2.45) is 9.98 Å². The van der Waals surface area contributed by atoms with E-state index in [1.807, 2.05) is 48.8 Å². The van der Waals surface area contributed by atoms with E-state index < -0.39 is 0 Å². The van der Waals surface area contributed by atoms with Gasteiger partial charge in [-0.05, 0) is 35.0 Å². The van der Waals surface area contributed by atoms with Crippen molar-refractivity contribution in [2.45, 2.75) is 0 Å². The summed E-state index contributed by atoms with van der Waals surface area (Å²) >= 11 is 3.37. The van der Waals surface area contributed by atoms with Crippen molar-refractivity contribution >= 4 is 57.2 Å². The lowest BCUT2D eigenvalue weighted by Gasteiger charge is -2.04. The minimum Gasteiger partial charge on any atom is -0.255 e. The van der Waals surface area contributed by atoms with E-state index in [2.05, 4.69) is 45.0 Å². The molecule has 4 aromatic rings. The fourth-order valence-corrected chi connectivity index (χ4v) is 3.67. The highest BCUT2D eigenvalue weighted by Gasteiger charge is 2.03. The zero-order valence-electron chi connectivity index (χ0n) is 12.8. The number of hydrogen-bond donors (Lipinski definition) is 0. The molecule has 116 valence electrons. The number of benzene rings is 2. The van der Waals surface area contributed by atoms with Crippen LogP contribution in [-0.2, 0) is 0 Å². The van der Waals surface area contributed by atoms with E-state index in [1.54, 1.807) is 22.7 Å². The summed E-state index contributed by atoms with van der Waals surface area (Å²) in [6, 6.07) is 20.5. The van der Waals surface area contributed by atoms with Gasteiger partial charge in [0.25, 0.3) is 0 Å². The van der Waals surface area contributed by atoms with Gasteiger partial charge in [-0.3, -0.25) is 9.98 Å². The summed E-state index contributed by atoms with van der Waals surface area (Å²) in [6.45, 7) is 0. The molecular weight excluding hydrogens is 332 g/mol. The molecule has 0 atom stereocenters. The molecule has 4 rings (SSSR count). The Morgan fingerprint density at radius 3 is 1.50 bits per heavy atom. The van der Waals surface area contributed by atoms with Crippen LogP contribution >= 0.6 is 22.7 Å². The van der Waals surface area contributed by atoms with E-state index in [1.165, 1.54) is 0 Å². The van der Waals surface area contributed by atoms with Crippen molar-refractivity contribution in [3.63, 3.8) is 0 Å². The molecule has 2 aromatic heterocycles. The normalized spacial score (nSPS) is 11.8. The predicted octanol–water partition coefficient (Wildman–Crippen LogP) is 6.46. The van der Waals surface area contributed by atoms with Crippen LogP contribution in [0.5, 0.6) is 0 Å². The van der Waals surface area contributed by atoms with Crippen LogP contribution in [0.25, 0.3) is 10.8 Å². The number of nitrogens with zero attached hydrogens (tertiary/aromatic N) is 2. The van der Waals surface area contributed by atoms with Gasteiger partial charge in [-0.25, -0.2) is 0 Å². The molecule has 0 unspecified atom stereocenters. The average Bonchev–Trinajstić information content (AvgIpc) is 3.31. The summed E-state index contributed by atoms with van der Waals surface area (Å²) in [5.41, 5.74) is 1.93. The molecule has 0 aliphatic rings. The second-order valence-corrected chi connectivity index (χ2v) is 7.16. The third-order valence-electron chi connectivity index (χ3n) is 3.62. The van der Waals surface area contributed by atoms with E-state index in [-0.39, 0.29) is 0 Å². The van der Waals surface area contributed by atoms with Gasteiger partial charge in [0.2, 0.25) is 0 Å². The molecular formula is C20H14N2S2. The van der Waals surface area contributed by atoms with Crippen LogP contribution < -0.4 is 0 Å². The average molecular weight is 346 g/mol. The first-order chi connectivity index (χ1) is 11.9. The Labute approximate surface area is 148 Å². The molecule has 0 spiro atoms. The Hall–Kier alpha value is -2.56. The number of hydrogen-bond acceptors (Lipinski definition) is 4. The molecule has 2 heterocycles. The first-order valence-electron chi connectivity index (χ1n) is 7.57. The van der Waals surface area contributed by atoms with Gasteiger partial charge in [0.05, 0.1) is 11.4 Å². The number of fused-ring (bicyclic) bond motifs is 1. The van der Waals surface area contributed by atoms with Gasteiger partial charge >= 0.3 is 0 Å². The number of rotatable bonds is 4. The largest absolute Gasteiger partial charge is 0.255 e. The monoisotopic (exact) mass is 346 g/mol. The van der Waals surface area contributed by atoms with Crippen LogP contribution in [0.2, 0.25) is 0 Å². The first-order valence-corrected chi connectivity index (χ1v) is 9.33. The van der Waals surface area contributed by atoms with E-state index in [0.717, 1.165) is 31.9 Å². The molecule has 0 aliphatic carbocycles. The molecule has 0 aliphatic heterocycles. The third kappa shape index (κ3) is 3.20. The van der Waals surface area contributed by atoms with Gasteiger partial charge in [-0.1, -0.05) is 36.4 Å². The van der Waals surface area contributed by atoms with Crippen LogP contribution in [0.3, 0.4) is 0 Å². The summed E-state index contributed by atoms with van der Waals surface area (Å²) in [7, 11) is 0. The predicted molar refractivity (Wildman–Crippen MR) is 107 cm³/mol. The summed E-state index contributed by atoms with van der Waals surface area (Å²) in [6.07, 6.45) is 3.84. The Morgan fingerprint density at radius 1 is 0.583 bits per heavy atom. The minimum absolute atomic E-state index is 0.967. The maximum atomic E-state index is 4.66. The van der Waals surface area contributed by atoms with Gasteiger partial charge < -0.3 is 0 Å². The highest BCUT2D eigenvalue weighted by molar-refractivity contribution is 7.12. The Morgan fingerprint density at radius 2 is 1.08 bits per heavy atom. The van der Waals surface area contributed by atoms with Gasteiger partial charge in [-0.2, -0.15) is 0 Å². The maximum Gasteiger partial charge on any atom is 0.0709 e. The SMILES string of the molecule is C(=Nc1cccc2c(N=Cc3cccs3)cccc12)c1cccs1. The van der Waals surface area contributed by atoms with Crippen LogP contribution in [0.4, 0.5) is 11.4 Å². The van der Waals surface area contributed by atoms with Gasteiger partial charge in [0, 0.05) is 33.0 Å². The van der Waals surface area contributed by atoms with Crippen molar-refractivity contribution in [3.05, 3.63) is 81.2 Å². The molecule has 4 heteroatoms. The minimum atomic E-state index is 0.967. The third-order valence-corrected chi connectivity index (χ3v) is 5.24. The van der Waals surface area contributed by atoms with E-state index >= 15 is 0 Å². The molecule has 0 saturated heterocycles. The second kappa shape index (κ2) is 6.91. The van der Waals surface area contributed by atoms with Crippen molar-refractivity contribution < 1.29 is 0 Å². The quantitative estimate of drug-likeness (QED) is 0.379. The van der Waals surface area contributed by atoms with Crippen molar-refractivity contribution in [3.8, 4) is 0 Å². The topological polar surface area (TPSA) is 24.7 Å². The summed E-state index contributed by atoms with van der Waals surface area (Å²) in [5.74, 6) is 0. The first kappa shape index (κ1) is 15.0. The van der Waals surface area contributed by atoms with Crippen LogP contribution in [-0.4, -0.2) is 12.4 Å². The molecule has 0 bridgehead atoms.